The van der Waals surface area contributed by atoms with Crippen molar-refractivity contribution in [3.8, 4) is 0 Å². The van der Waals surface area contributed by atoms with Crippen molar-refractivity contribution in [2.24, 2.45) is 4.99 Å². The van der Waals surface area contributed by atoms with Gasteiger partial charge in [0.2, 0.25) is 5.91 Å². The van der Waals surface area contributed by atoms with Crippen LogP contribution in [0.4, 0.5) is 30.2 Å². The molecule has 0 saturated carbocycles. The molecule has 1 aromatic heterocycles. The summed E-state index contributed by atoms with van der Waals surface area (Å²) in [6, 6.07) is 10.9. The van der Waals surface area contributed by atoms with E-state index in [0.717, 1.165) is 17.3 Å². The Hall–Kier alpha value is -3.75. The number of nitrogens with zero attached hydrogens (tertiary/aromatic N) is 3. The average Bonchev–Trinajstić information content (AvgIpc) is 3.06. The molecule has 1 atom stereocenters. The van der Waals surface area contributed by atoms with E-state index in [1.54, 1.807) is 37.4 Å². The van der Waals surface area contributed by atoms with Gasteiger partial charge in [0.25, 0.3) is 0 Å². The first-order chi connectivity index (χ1) is 14.8. The maximum absolute atomic E-state index is 13.6. The topological polar surface area (TPSA) is 79.3 Å². The number of carbonyl (C=O) groups is 1. The summed E-state index contributed by atoms with van der Waals surface area (Å²) in [6.07, 6.45) is -0.147. The Labute approximate surface area is 176 Å². The predicted octanol–water partition coefficient (Wildman–Crippen LogP) is 4.85. The Kier molecular flexibility index (Phi) is 5.41. The number of aromatic nitrogens is 2. The van der Waals surface area contributed by atoms with Crippen molar-refractivity contribution in [3.63, 3.8) is 0 Å². The highest BCUT2D eigenvalue weighted by Gasteiger charge is 2.34. The molecule has 1 unspecified atom stereocenters. The Bertz CT molecular complexity index is 1140. The maximum Gasteiger partial charge on any atom is 0.418 e. The van der Waals surface area contributed by atoms with Crippen LogP contribution >= 0.6 is 0 Å². The van der Waals surface area contributed by atoms with Gasteiger partial charge in [0, 0.05) is 23.8 Å². The standard InChI is InChI=1S/C22H18F3N5O/c1-13-9-27-15(10-26-13)11-29-20-7-6-14(8-18(20)22(23,24)25)28-12-17-16-4-2-3-5-19(16)30-21(17)31/h2-10,12,17,29H,11H2,1H3,(H,30,31). The van der Waals surface area contributed by atoms with Crippen molar-refractivity contribution in [3.05, 3.63) is 77.4 Å². The summed E-state index contributed by atoms with van der Waals surface area (Å²) in [5, 5.41) is 5.49. The van der Waals surface area contributed by atoms with Crippen molar-refractivity contribution in [2.45, 2.75) is 25.6 Å². The number of hydrogen-bond donors (Lipinski definition) is 2. The smallest absolute Gasteiger partial charge is 0.379 e. The summed E-state index contributed by atoms with van der Waals surface area (Å²) in [5.41, 5.74) is 1.83. The molecule has 1 aliphatic heterocycles. The third kappa shape index (κ3) is 4.55. The van der Waals surface area contributed by atoms with Crippen LogP contribution in [0.5, 0.6) is 0 Å². The predicted molar refractivity (Wildman–Crippen MR) is 112 cm³/mol. The quantitative estimate of drug-likeness (QED) is 0.573. The normalized spacial score (nSPS) is 15.7. The van der Waals surface area contributed by atoms with Crippen LogP contribution in [0.25, 0.3) is 0 Å². The zero-order valence-corrected chi connectivity index (χ0v) is 16.4. The van der Waals surface area contributed by atoms with Crippen LogP contribution in [0.2, 0.25) is 0 Å². The van der Waals surface area contributed by atoms with Crippen LogP contribution in [0, 0.1) is 6.92 Å². The maximum atomic E-state index is 13.6. The van der Waals surface area contributed by atoms with Crippen molar-refractivity contribution in [2.75, 3.05) is 10.6 Å². The third-order valence-electron chi connectivity index (χ3n) is 4.81. The second-order valence-corrected chi connectivity index (χ2v) is 7.06. The van der Waals surface area contributed by atoms with E-state index in [-0.39, 0.29) is 23.8 Å². The number of aliphatic imine (C=N–C) groups is 1. The highest BCUT2D eigenvalue weighted by atomic mass is 19.4. The summed E-state index contributed by atoms with van der Waals surface area (Å²) < 4.78 is 40.9. The van der Waals surface area contributed by atoms with E-state index in [1.165, 1.54) is 24.5 Å². The summed E-state index contributed by atoms with van der Waals surface area (Å²) in [5.74, 6) is -0.915. The molecule has 1 aliphatic rings. The molecular weight excluding hydrogens is 407 g/mol. The van der Waals surface area contributed by atoms with Crippen LogP contribution in [0.3, 0.4) is 0 Å². The highest BCUT2D eigenvalue weighted by molar-refractivity contribution is 6.12. The number of anilines is 2. The Morgan fingerprint density at radius 2 is 1.97 bits per heavy atom. The van der Waals surface area contributed by atoms with E-state index in [2.05, 4.69) is 25.6 Å². The Morgan fingerprint density at radius 1 is 1.16 bits per heavy atom. The number of hydrogen-bond acceptors (Lipinski definition) is 5. The summed E-state index contributed by atoms with van der Waals surface area (Å²) in [6.45, 7) is 1.87. The van der Waals surface area contributed by atoms with E-state index in [9.17, 15) is 18.0 Å². The molecule has 4 rings (SSSR count). The molecule has 3 aromatic rings. The van der Waals surface area contributed by atoms with Gasteiger partial charge >= 0.3 is 6.18 Å². The molecule has 0 radical (unpaired) electrons. The molecule has 158 valence electrons. The molecule has 0 saturated heterocycles. The second kappa shape index (κ2) is 8.17. The SMILES string of the molecule is Cc1cnc(CNc2ccc(N=CC3C(=O)Nc4ccccc43)cc2C(F)(F)F)cn1. The fraction of sp³-hybridized carbons (Fsp3) is 0.182. The molecule has 0 fully saturated rings. The first kappa shape index (κ1) is 20.5. The van der Waals surface area contributed by atoms with Crippen LogP contribution in [-0.2, 0) is 17.5 Å². The van der Waals surface area contributed by atoms with E-state index < -0.39 is 17.7 Å². The van der Waals surface area contributed by atoms with Gasteiger partial charge in [-0.05, 0) is 36.8 Å². The van der Waals surface area contributed by atoms with Gasteiger partial charge < -0.3 is 10.6 Å². The lowest BCUT2D eigenvalue weighted by molar-refractivity contribution is -0.137. The van der Waals surface area contributed by atoms with Crippen molar-refractivity contribution >= 4 is 29.2 Å². The van der Waals surface area contributed by atoms with Crippen LogP contribution in [0.15, 0.2) is 59.9 Å². The summed E-state index contributed by atoms with van der Waals surface area (Å²) in [7, 11) is 0. The number of nitrogens with one attached hydrogen (secondary N) is 2. The number of alkyl halides is 3. The minimum atomic E-state index is -4.58. The number of para-hydroxylation sites is 1. The molecule has 2 heterocycles. The van der Waals surface area contributed by atoms with Gasteiger partial charge in [0.15, 0.2) is 0 Å². The average molecular weight is 425 g/mol. The molecule has 6 nitrogen and oxygen atoms in total. The molecule has 2 N–H and O–H groups in total. The van der Waals surface area contributed by atoms with Gasteiger partial charge in [-0.3, -0.25) is 19.8 Å². The fourth-order valence-corrected chi connectivity index (χ4v) is 3.24. The van der Waals surface area contributed by atoms with Gasteiger partial charge in [-0.1, -0.05) is 18.2 Å². The monoisotopic (exact) mass is 425 g/mol. The van der Waals surface area contributed by atoms with Crippen molar-refractivity contribution in [1.29, 1.82) is 0 Å². The number of aryl methyl sites for hydroxylation is 1. The van der Waals surface area contributed by atoms with E-state index in [0.29, 0.717) is 11.4 Å². The first-order valence-electron chi connectivity index (χ1n) is 9.48. The lowest BCUT2D eigenvalue weighted by Gasteiger charge is -2.15. The number of halogens is 3. The highest BCUT2D eigenvalue weighted by Crippen LogP contribution is 2.38. The van der Waals surface area contributed by atoms with Crippen LogP contribution in [-0.4, -0.2) is 22.1 Å². The molecule has 0 bridgehead atoms. The van der Waals surface area contributed by atoms with Gasteiger partial charge in [0.05, 0.1) is 35.4 Å². The van der Waals surface area contributed by atoms with Gasteiger partial charge in [-0.15, -0.1) is 0 Å². The molecule has 1 amide bonds. The van der Waals surface area contributed by atoms with Crippen LogP contribution in [0.1, 0.15) is 28.4 Å². The first-order valence-corrected chi connectivity index (χ1v) is 9.48. The molecule has 2 aromatic carbocycles. The molecular formula is C22H18F3N5O. The summed E-state index contributed by atoms with van der Waals surface area (Å²) in [4.78, 5) is 24.5. The Balaban J connectivity index is 1.56. The van der Waals surface area contributed by atoms with E-state index in [1.807, 2.05) is 0 Å². The lowest BCUT2D eigenvalue weighted by Crippen LogP contribution is -2.13. The number of fused-ring (bicyclic) bond motifs is 1. The second-order valence-electron chi connectivity index (χ2n) is 7.06. The summed E-state index contributed by atoms with van der Waals surface area (Å²) >= 11 is 0. The van der Waals surface area contributed by atoms with Crippen molar-refractivity contribution < 1.29 is 18.0 Å². The fourth-order valence-electron chi connectivity index (χ4n) is 3.24. The van der Waals surface area contributed by atoms with Gasteiger partial charge in [-0.2, -0.15) is 13.2 Å². The van der Waals surface area contributed by atoms with E-state index >= 15 is 0 Å². The van der Waals surface area contributed by atoms with Gasteiger partial charge in [-0.25, -0.2) is 0 Å². The van der Waals surface area contributed by atoms with Crippen LogP contribution < -0.4 is 10.6 Å². The minimum absolute atomic E-state index is 0.0854. The zero-order chi connectivity index (χ0) is 22.0. The molecule has 0 aliphatic carbocycles. The number of benzene rings is 2. The Morgan fingerprint density at radius 3 is 2.71 bits per heavy atom. The molecule has 31 heavy (non-hydrogen) atoms. The van der Waals surface area contributed by atoms with Gasteiger partial charge in [0.1, 0.15) is 5.92 Å². The minimum Gasteiger partial charge on any atom is -0.379 e. The lowest BCUT2D eigenvalue weighted by atomic mass is 10.0. The number of amides is 1. The largest absolute Gasteiger partial charge is 0.418 e. The van der Waals surface area contributed by atoms with E-state index in [4.69, 9.17) is 0 Å². The third-order valence-corrected chi connectivity index (χ3v) is 4.81. The molecule has 0 spiro atoms. The number of carbonyl (C=O) groups excluding carboxylic acids is 1. The molecule has 9 heteroatoms. The van der Waals surface area contributed by atoms with Crippen molar-refractivity contribution in [1.82, 2.24) is 9.97 Å². The zero-order valence-electron chi connectivity index (χ0n) is 16.4. The number of rotatable bonds is 5.